The first-order valence-corrected chi connectivity index (χ1v) is 10.7. The number of rotatable bonds is 10. The number of ether oxygens (including phenoxy) is 3. The summed E-state index contributed by atoms with van der Waals surface area (Å²) in [6.07, 6.45) is 1.50. The van der Waals surface area contributed by atoms with Crippen LogP contribution in [0.2, 0.25) is 0 Å². The molecule has 0 aliphatic heterocycles. The fourth-order valence-corrected chi connectivity index (χ4v) is 3.28. The second-order valence-electron chi connectivity index (χ2n) is 7.50. The standard InChI is InChI=1S/C24H28N4O5/c1-5-32-23(30)15-33-20-11-10-17(12-21(20)31-4)13-25-27-22(29)14-28-19-9-7-6-8-18(19)26-24(28)16(2)3/h6-13,16H,5,14-15H2,1-4H3,(H,27,29)/b25-13+. The Hall–Kier alpha value is -3.88. The van der Waals surface area contributed by atoms with Gasteiger partial charge in [-0.3, -0.25) is 4.79 Å². The number of hydrogen-bond donors (Lipinski definition) is 1. The summed E-state index contributed by atoms with van der Waals surface area (Å²) in [6.45, 7) is 6.00. The van der Waals surface area contributed by atoms with Crippen molar-refractivity contribution in [3.8, 4) is 11.5 Å². The first-order valence-electron chi connectivity index (χ1n) is 10.7. The van der Waals surface area contributed by atoms with Crippen molar-refractivity contribution in [3.05, 3.63) is 53.9 Å². The minimum absolute atomic E-state index is 0.106. The molecule has 1 amide bonds. The third-order valence-electron chi connectivity index (χ3n) is 4.74. The number of fused-ring (bicyclic) bond motifs is 1. The number of nitrogens with one attached hydrogen (secondary N) is 1. The fraction of sp³-hybridized carbons (Fsp3) is 0.333. The monoisotopic (exact) mass is 452 g/mol. The molecule has 0 aliphatic carbocycles. The Bertz CT molecular complexity index is 1150. The van der Waals surface area contributed by atoms with Gasteiger partial charge in [0.25, 0.3) is 5.91 Å². The Morgan fingerprint density at radius 1 is 1.18 bits per heavy atom. The molecule has 0 radical (unpaired) electrons. The summed E-state index contributed by atoms with van der Waals surface area (Å²) in [4.78, 5) is 28.7. The van der Waals surface area contributed by atoms with Gasteiger partial charge in [-0.05, 0) is 42.8 Å². The molecule has 1 aromatic heterocycles. The molecule has 0 spiro atoms. The number of esters is 1. The zero-order chi connectivity index (χ0) is 23.8. The van der Waals surface area contributed by atoms with Gasteiger partial charge in [-0.2, -0.15) is 5.10 Å². The lowest BCUT2D eigenvalue weighted by atomic mass is 10.2. The minimum Gasteiger partial charge on any atom is -0.493 e. The summed E-state index contributed by atoms with van der Waals surface area (Å²) in [5.41, 5.74) is 5.00. The zero-order valence-corrected chi connectivity index (χ0v) is 19.2. The molecule has 0 fully saturated rings. The predicted molar refractivity (Wildman–Crippen MR) is 125 cm³/mol. The van der Waals surface area contributed by atoms with Crippen LogP contribution in [-0.4, -0.2) is 48.0 Å². The molecule has 0 bridgehead atoms. The average Bonchev–Trinajstić information content (AvgIpc) is 3.17. The van der Waals surface area contributed by atoms with Gasteiger partial charge in [-0.25, -0.2) is 15.2 Å². The largest absolute Gasteiger partial charge is 0.493 e. The molecule has 1 heterocycles. The van der Waals surface area contributed by atoms with Crippen molar-refractivity contribution >= 4 is 29.1 Å². The van der Waals surface area contributed by atoms with Crippen molar-refractivity contribution in [1.82, 2.24) is 15.0 Å². The summed E-state index contributed by atoms with van der Waals surface area (Å²) in [6, 6.07) is 12.8. The van der Waals surface area contributed by atoms with Gasteiger partial charge in [-0.1, -0.05) is 26.0 Å². The fourth-order valence-electron chi connectivity index (χ4n) is 3.28. The van der Waals surface area contributed by atoms with Gasteiger partial charge >= 0.3 is 5.97 Å². The van der Waals surface area contributed by atoms with E-state index in [0.29, 0.717) is 17.1 Å². The van der Waals surface area contributed by atoms with E-state index in [9.17, 15) is 9.59 Å². The van der Waals surface area contributed by atoms with E-state index in [0.717, 1.165) is 16.9 Å². The van der Waals surface area contributed by atoms with Gasteiger partial charge in [-0.15, -0.1) is 0 Å². The van der Waals surface area contributed by atoms with Crippen LogP contribution in [0.3, 0.4) is 0 Å². The SMILES string of the molecule is CCOC(=O)COc1ccc(/C=N/NC(=O)Cn2c(C(C)C)nc3ccccc32)cc1OC. The number of carbonyl (C=O) groups excluding carboxylic acids is 2. The summed E-state index contributed by atoms with van der Waals surface area (Å²) in [5.74, 6) is 1.13. The first-order chi connectivity index (χ1) is 15.9. The van der Waals surface area contributed by atoms with Crippen LogP contribution in [0.1, 0.15) is 38.1 Å². The van der Waals surface area contributed by atoms with Gasteiger partial charge in [0.2, 0.25) is 0 Å². The summed E-state index contributed by atoms with van der Waals surface area (Å²) < 4.78 is 17.5. The molecule has 3 rings (SSSR count). The third kappa shape index (κ3) is 6.09. The third-order valence-corrected chi connectivity index (χ3v) is 4.74. The van der Waals surface area contributed by atoms with Crippen molar-refractivity contribution in [3.63, 3.8) is 0 Å². The number of para-hydroxylation sites is 2. The highest BCUT2D eigenvalue weighted by molar-refractivity contribution is 5.84. The number of nitrogens with zero attached hydrogens (tertiary/aromatic N) is 3. The van der Waals surface area contributed by atoms with Gasteiger partial charge < -0.3 is 18.8 Å². The van der Waals surface area contributed by atoms with Crippen LogP contribution in [-0.2, 0) is 20.9 Å². The van der Waals surface area contributed by atoms with Crippen molar-refractivity contribution in [2.45, 2.75) is 33.2 Å². The van der Waals surface area contributed by atoms with E-state index in [1.807, 2.05) is 42.7 Å². The Labute approximate surface area is 192 Å². The highest BCUT2D eigenvalue weighted by atomic mass is 16.6. The first kappa shape index (κ1) is 23.8. The lowest BCUT2D eigenvalue weighted by Gasteiger charge is -2.11. The van der Waals surface area contributed by atoms with E-state index < -0.39 is 5.97 Å². The Morgan fingerprint density at radius 3 is 2.70 bits per heavy atom. The number of amides is 1. The molecule has 33 heavy (non-hydrogen) atoms. The number of methoxy groups -OCH3 is 1. The van der Waals surface area contributed by atoms with E-state index in [1.165, 1.54) is 13.3 Å². The highest BCUT2D eigenvalue weighted by Crippen LogP contribution is 2.27. The van der Waals surface area contributed by atoms with Crippen LogP contribution in [0.4, 0.5) is 0 Å². The van der Waals surface area contributed by atoms with Gasteiger partial charge in [0, 0.05) is 5.92 Å². The van der Waals surface area contributed by atoms with E-state index >= 15 is 0 Å². The number of benzene rings is 2. The average molecular weight is 453 g/mol. The van der Waals surface area contributed by atoms with Gasteiger partial charge in [0.05, 0.1) is 31.0 Å². The van der Waals surface area contributed by atoms with E-state index in [2.05, 4.69) is 15.5 Å². The van der Waals surface area contributed by atoms with E-state index in [-0.39, 0.29) is 31.6 Å². The normalized spacial score (nSPS) is 11.2. The van der Waals surface area contributed by atoms with Crippen LogP contribution in [0.15, 0.2) is 47.6 Å². The summed E-state index contributed by atoms with van der Waals surface area (Å²) in [5, 5.41) is 4.05. The molecule has 2 aromatic carbocycles. The van der Waals surface area contributed by atoms with Gasteiger partial charge in [0.15, 0.2) is 18.1 Å². The Balaban J connectivity index is 1.64. The number of imidazole rings is 1. The molecule has 0 saturated heterocycles. The molecule has 9 heteroatoms. The molecule has 0 saturated carbocycles. The topological polar surface area (TPSA) is 104 Å². The molecule has 174 valence electrons. The maximum absolute atomic E-state index is 12.5. The number of aromatic nitrogens is 2. The van der Waals surface area contributed by atoms with Gasteiger partial charge in [0.1, 0.15) is 12.4 Å². The molecular formula is C24H28N4O5. The lowest BCUT2D eigenvalue weighted by Crippen LogP contribution is -2.24. The Kier molecular flexibility index (Phi) is 8.01. The van der Waals surface area contributed by atoms with Crippen molar-refractivity contribution in [2.75, 3.05) is 20.3 Å². The minimum atomic E-state index is -0.459. The molecular weight excluding hydrogens is 424 g/mol. The quantitative estimate of drug-likeness (QED) is 0.288. The smallest absolute Gasteiger partial charge is 0.344 e. The second kappa shape index (κ2) is 11.1. The predicted octanol–water partition coefficient (Wildman–Crippen LogP) is 3.26. The maximum atomic E-state index is 12.5. The van der Waals surface area contributed by atoms with Crippen molar-refractivity contribution in [1.29, 1.82) is 0 Å². The molecule has 0 atom stereocenters. The Morgan fingerprint density at radius 2 is 1.97 bits per heavy atom. The van der Waals surface area contributed by atoms with Crippen molar-refractivity contribution in [2.24, 2.45) is 5.10 Å². The maximum Gasteiger partial charge on any atom is 0.344 e. The lowest BCUT2D eigenvalue weighted by molar-refractivity contribution is -0.145. The van der Waals surface area contributed by atoms with Crippen LogP contribution >= 0.6 is 0 Å². The number of hydrazone groups is 1. The second-order valence-corrected chi connectivity index (χ2v) is 7.50. The van der Waals surface area contributed by atoms with Crippen LogP contribution in [0.5, 0.6) is 11.5 Å². The molecule has 1 N–H and O–H groups in total. The molecule has 0 unspecified atom stereocenters. The molecule has 9 nitrogen and oxygen atoms in total. The van der Waals surface area contributed by atoms with E-state index in [1.54, 1.807) is 25.1 Å². The number of hydrogen-bond acceptors (Lipinski definition) is 7. The highest BCUT2D eigenvalue weighted by Gasteiger charge is 2.15. The summed E-state index contributed by atoms with van der Waals surface area (Å²) in [7, 11) is 1.50. The van der Waals surface area contributed by atoms with Crippen LogP contribution in [0, 0.1) is 0 Å². The molecule has 0 aliphatic rings. The van der Waals surface area contributed by atoms with Crippen molar-refractivity contribution < 1.29 is 23.8 Å². The zero-order valence-electron chi connectivity index (χ0n) is 19.2. The number of carbonyl (C=O) groups is 2. The van der Waals surface area contributed by atoms with Crippen LogP contribution < -0.4 is 14.9 Å². The molecule has 3 aromatic rings. The van der Waals surface area contributed by atoms with Crippen LogP contribution in [0.25, 0.3) is 11.0 Å². The van der Waals surface area contributed by atoms with E-state index in [4.69, 9.17) is 14.2 Å². The summed E-state index contributed by atoms with van der Waals surface area (Å²) >= 11 is 0.